The molecule has 0 saturated carbocycles. The van der Waals surface area contributed by atoms with Crippen molar-refractivity contribution in [3.8, 4) is 22.6 Å². The first-order chi connectivity index (χ1) is 15.3. The number of ether oxygens (including phenoxy) is 1. The Morgan fingerprint density at radius 2 is 1.68 bits per heavy atom. The van der Waals surface area contributed by atoms with Gasteiger partial charge in [0.15, 0.2) is 5.82 Å². The molecule has 8 nitrogen and oxygen atoms in total. The Balaban J connectivity index is 1.42. The topological polar surface area (TPSA) is 93.3 Å². The second kappa shape index (κ2) is 8.95. The van der Waals surface area contributed by atoms with Gasteiger partial charge in [-0.15, -0.1) is 0 Å². The molecule has 2 fully saturated rings. The summed E-state index contributed by atoms with van der Waals surface area (Å²) in [5.74, 6) is 2.15. The molecule has 2 saturated heterocycles. The van der Waals surface area contributed by atoms with Gasteiger partial charge in [-0.1, -0.05) is 0 Å². The van der Waals surface area contributed by atoms with Gasteiger partial charge >= 0.3 is 0 Å². The van der Waals surface area contributed by atoms with E-state index >= 15 is 0 Å². The first-order valence-corrected chi connectivity index (χ1v) is 10.8. The largest absolute Gasteiger partial charge is 0.384 e. The van der Waals surface area contributed by atoms with E-state index in [1.807, 2.05) is 18.2 Å². The van der Waals surface area contributed by atoms with Crippen molar-refractivity contribution in [3.05, 3.63) is 48.9 Å². The van der Waals surface area contributed by atoms with Gasteiger partial charge in [-0.3, -0.25) is 9.88 Å². The molecule has 0 amide bonds. The van der Waals surface area contributed by atoms with Crippen LogP contribution in [0.15, 0.2) is 48.9 Å². The highest BCUT2D eigenvalue weighted by Gasteiger charge is 2.27. The Kier molecular flexibility index (Phi) is 5.73. The van der Waals surface area contributed by atoms with E-state index in [-0.39, 0.29) is 0 Å². The van der Waals surface area contributed by atoms with Crippen LogP contribution in [-0.4, -0.2) is 70.3 Å². The summed E-state index contributed by atoms with van der Waals surface area (Å²) in [4.78, 5) is 23.0. The highest BCUT2D eigenvalue weighted by atomic mass is 16.5. The molecule has 0 atom stereocenters. The second-order valence-corrected chi connectivity index (χ2v) is 8.01. The highest BCUT2D eigenvalue weighted by molar-refractivity contribution is 5.67. The van der Waals surface area contributed by atoms with Gasteiger partial charge in [0.05, 0.1) is 18.9 Å². The number of nitrogens with two attached hydrogens (primary N) is 1. The summed E-state index contributed by atoms with van der Waals surface area (Å²) in [7, 11) is 0. The van der Waals surface area contributed by atoms with Crippen LogP contribution in [0, 0.1) is 0 Å². The number of rotatable bonds is 4. The zero-order chi connectivity index (χ0) is 21.0. The number of nitrogens with zero attached hydrogens (tertiary/aromatic N) is 6. The van der Waals surface area contributed by atoms with E-state index in [9.17, 15) is 0 Å². The number of pyridine rings is 2. The molecule has 3 aromatic heterocycles. The maximum absolute atomic E-state index is 5.78. The monoisotopic (exact) mass is 417 g/mol. The van der Waals surface area contributed by atoms with E-state index in [4.69, 9.17) is 20.4 Å². The molecule has 0 spiro atoms. The molecule has 3 aromatic rings. The third kappa shape index (κ3) is 4.50. The molecule has 0 bridgehead atoms. The maximum atomic E-state index is 5.78. The van der Waals surface area contributed by atoms with Crippen LogP contribution in [0.2, 0.25) is 0 Å². The molecule has 2 aliphatic heterocycles. The molecule has 0 radical (unpaired) electrons. The third-order valence-electron chi connectivity index (χ3n) is 6.08. The standard InChI is InChI=1S/C23H27N7O/c24-21-2-1-18(16-26-21)20-15-22(28-23(27-20)17-3-7-25-8-4-17)30-9-5-19(6-10-30)29-11-13-31-14-12-29/h1-4,7-8,15-16,19H,5-6,9-14H2,(H2,24,26). The van der Waals surface area contributed by atoms with Crippen LogP contribution in [0.25, 0.3) is 22.6 Å². The molecule has 31 heavy (non-hydrogen) atoms. The fourth-order valence-electron chi connectivity index (χ4n) is 4.33. The summed E-state index contributed by atoms with van der Waals surface area (Å²) in [6, 6.07) is 10.3. The molecule has 0 aromatic carbocycles. The lowest BCUT2D eigenvalue weighted by Crippen LogP contribution is -2.49. The minimum Gasteiger partial charge on any atom is -0.384 e. The molecule has 5 heterocycles. The minimum atomic E-state index is 0.498. The van der Waals surface area contributed by atoms with Crippen molar-refractivity contribution >= 4 is 11.6 Å². The molecule has 2 N–H and O–H groups in total. The summed E-state index contributed by atoms with van der Waals surface area (Å²) in [5, 5.41) is 0. The van der Waals surface area contributed by atoms with Crippen molar-refractivity contribution < 1.29 is 4.74 Å². The van der Waals surface area contributed by atoms with Gasteiger partial charge in [-0.25, -0.2) is 15.0 Å². The first-order valence-electron chi connectivity index (χ1n) is 10.8. The van der Waals surface area contributed by atoms with E-state index in [1.54, 1.807) is 24.7 Å². The van der Waals surface area contributed by atoms with Crippen molar-refractivity contribution in [2.75, 3.05) is 50.0 Å². The summed E-state index contributed by atoms with van der Waals surface area (Å²) >= 11 is 0. The molecular weight excluding hydrogens is 390 g/mol. The summed E-state index contributed by atoms with van der Waals surface area (Å²) in [6.07, 6.45) is 7.57. The van der Waals surface area contributed by atoms with E-state index < -0.39 is 0 Å². The van der Waals surface area contributed by atoms with Gasteiger partial charge in [0.1, 0.15) is 11.6 Å². The Morgan fingerprint density at radius 3 is 2.39 bits per heavy atom. The zero-order valence-corrected chi connectivity index (χ0v) is 17.5. The molecule has 160 valence electrons. The lowest BCUT2D eigenvalue weighted by atomic mass is 10.0. The van der Waals surface area contributed by atoms with Crippen molar-refractivity contribution in [3.63, 3.8) is 0 Å². The van der Waals surface area contributed by atoms with E-state index in [0.29, 0.717) is 17.7 Å². The van der Waals surface area contributed by atoms with E-state index in [0.717, 1.165) is 74.9 Å². The summed E-state index contributed by atoms with van der Waals surface area (Å²) in [5.41, 5.74) is 8.50. The van der Waals surface area contributed by atoms with Gasteiger partial charge in [0.25, 0.3) is 0 Å². The van der Waals surface area contributed by atoms with Gasteiger partial charge in [0, 0.05) is 68.0 Å². The fraction of sp³-hybridized carbons (Fsp3) is 0.391. The number of hydrogen-bond donors (Lipinski definition) is 1. The molecule has 5 rings (SSSR count). The number of morpholine rings is 1. The Labute approximate surface area is 182 Å². The SMILES string of the molecule is Nc1ccc(-c2cc(N3CCC(N4CCOCC4)CC3)nc(-c3ccncc3)n2)cn1. The predicted octanol–water partition coefficient (Wildman–Crippen LogP) is 2.48. The molecule has 8 heteroatoms. The normalized spacial score (nSPS) is 18.3. The average molecular weight is 418 g/mol. The maximum Gasteiger partial charge on any atom is 0.162 e. The van der Waals surface area contributed by atoms with Crippen molar-refractivity contribution in [2.24, 2.45) is 0 Å². The Bertz CT molecular complexity index is 998. The lowest BCUT2D eigenvalue weighted by molar-refractivity contribution is 0.0115. The number of hydrogen-bond acceptors (Lipinski definition) is 8. The average Bonchev–Trinajstić information content (AvgIpc) is 2.85. The van der Waals surface area contributed by atoms with Gasteiger partial charge in [-0.05, 0) is 37.1 Å². The predicted molar refractivity (Wildman–Crippen MR) is 121 cm³/mol. The van der Waals surface area contributed by atoms with Crippen molar-refractivity contribution in [2.45, 2.75) is 18.9 Å². The number of nitrogen functional groups attached to an aromatic ring is 1. The van der Waals surface area contributed by atoms with Crippen LogP contribution in [-0.2, 0) is 4.74 Å². The van der Waals surface area contributed by atoms with E-state index in [1.165, 1.54) is 0 Å². The smallest absolute Gasteiger partial charge is 0.162 e. The first kappa shape index (κ1) is 19.8. The second-order valence-electron chi connectivity index (χ2n) is 8.01. The van der Waals surface area contributed by atoms with Crippen LogP contribution in [0.1, 0.15) is 12.8 Å². The molecule has 0 aliphatic carbocycles. The Morgan fingerprint density at radius 1 is 0.903 bits per heavy atom. The number of aromatic nitrogens is 4. The molecular formula is C23H27N7O. The van der Waals surface area contributed by atoms with Crippen molar-refractivity contribution in [1.82, 2.24) is 24.8 Å². The molecule has 0 unspecified atom stereocenters. The van der Waals surface area contributed by atoms with Crippen molar-refractivity contribution in [1.29, 1.82) is 0 Å². The van der Waals surface area contributed by atoms with Gasteiger partial charge < -0.3 is 15.4 Å². The lowest BCUT2D eigenvalue weighted by Gasteiger charge is -2.40. The van der Waals surface area contributed by atoms with Crippen LogP contribution in [0.4, 0.5) is 11.6 Å². The molecule has 2 aliphatic rings. The number of anilines is 2. The van der Waals surface area contributed by atoms with E-state index in [2.05, 4.69) is 25.8 Å². The summed E-state index contributed by atoms with van der Waals surface area (Å²) in [6.45, 7) is 5.74. The van der Waals surface area contributed by atoms with Crippen LogP contribution >= 0.6 is 0 Å². The van der Waals surface area contributed by atoms with Gasteiger partial charge in [0.2, 0.25) is 0 Å². The zero-order valence-electron chi connectivity index (χ0n) is 17.5. The quantitative estimate of drug-likeness (QED) is 0.692. The fourth-order valence-corrected chi connectivity index (χ4v) is 4.33. The summed E-state index contributed by atoms with van der Waals surface area (Å²) < 4.78 is 5.51. The third-order valence-corrected chi connectivity index (χ3v) is 6.08. The van der Waals surface area contributed by atoms with Crippen LogP contribution in [0.5, 0.6) is 0 Å². The van der Waals surface area contributed by atoms with Gasteiger partial charge in [-0.2, -0.15) is 0 Å². The number of piperidine rings is 1. The van der Waals surface area contributed by atoms with Crippen LogP contribution in [0.3, 0.4) is 0 Å². The highest BCUT2D eigenvalue weighted by Crippen LogP contribution is 2.28. The van der Waals surface area contributed by atoms with Crippen LogP contribution < -0.4 is 10.6 Å². The Hall–Kier alpha value is -3.10. The minimum absolute atomic E-state index is 0.498.